The predicted octanol–water partition coefficient (Wildman–Crippen LogP) is 4.70. The van der Waals surface area contributed by atoms with Crippen LogP contribution in [0.25, 0.3) is 10.2 Å². The maximum atomic E-state index is 12.1. The summed E-state index contributed by atoms with van der Waals surface area (Å²) < 4.78 is 0. The van der Waals surface area contributed by atoms with Gasteiger partial charge in [-0.2, -0.15) is 0 Å². The van der Waals surface area contributed by atoms with Crippen molar-refractivity contribution < 1.29 is 4.79 Å². The molecule has 1 amide bonds. The van der Waals surface area contributed by atoms with E-state index < -0.39 is 0 Å². The quantitative estimate of drug-likeness (QED) is 0.609. The lowest BCUT2D eigenvalue weighted by molar-refractivity contribution is 0.0951. The highest BCUT2D eigenvalue weighted by molar-refractivity contribution is 7.17. The fraction of sp³-hybridized carbons (Fsp3) is 0.409. The van der Waals surface area contributed by atoms with Gasteiger partial charge in [-0.05, 0) is 60.7 Å². The van der Waals surface area contributed by atoms with Crippen LogP contribution in [0.1, 0.15) is 54.0 Å². The Bertz CT molecular complexity index is 990. The van der Waals surface area contributed by atoms with Crippen molar-refractivity contribution >= 4 is 33.3 Å². The number of benzene rings is 1. The molecule has 1 aromatic carbocycles. The Labute approximate surface area is 169 Å². The molecule has 0 atom stereocenters. The van der Waals surface area contributed by atoms with Crippen LogP contribution >= 0.6 is 11.3 Å². The summed E-state index contributed by atoms with van der Waals surface area (Å²) >= 11 is 1.69. The van der Waals surface area contributed by atoms with Crippen molar-refractivity contribution in [1.82, 2.24) is 15.3 Å². The molecule has 4 rings (SSSR count). The first-order valence-corrected chi connectivity index (χ1v) is 10.8. The zero-order chi connectivity index (χ0) is 19.7. The molecule has 146 valence electrons. The smallest absolute Gasteiger partial charge is 0.251 e. The van der Waals surface area contributed by atoms with Gasteiger partial charge >= 0.3 is 0 Å². The first-order valence-electron chi connectivity index (χ1n) is 9.88. The van der Waals surface area contributed by atoms with Crippen molar-refractivity contribution in [2.45, 2.75) is 52.6 Å². The van der Waals surface area contributed by atoms with E-state index >= 15 is 0 Å². The molecule has 0 radical (unpaired) electrons. The van der Waals surface area contributed by atoms with Crippen molar-refractivity contribution in [1.29, 1.82) is 0 Å². The molecule has 2 heterocycles. The predicted molar refractivity (Wildman–Crippen MR) is 115 cm³/mol. The van der Waals surface area contributed by atoms with E-state index in [9.17, 15) is 4.79 Å². The van der Waals surface area contributed by atoms with Crippen LogP contribution < -0.4 is 10.6 Å². The number of aromatic nitrogens is 2. The Balaban J connectivity index is 1.50. The number of hydrogen-bond acceptors (Lipinski definition) is 5. The first-order chi connectivity index (χ1) is 13.5. The molecule has 3 aromatic rings. The number of anilines is 1. The Morgan fingerprint density at radius 3 is 2.64 bits per heavy atom. The Morgan fingerprint density at radius 2 is 1.96 bits per heavy atom. The fourth-order valence-corrected chi connectivity index (χ4v) is 4.28. The molecular formula is C22H26N4OS. The van der Waals surface area contributed by atoms with Crippen molar-refractivity contribution in [3.63, 3.8) is 0 Å². The maximum Gasteiger partial charge on any atom is 0.251 e. The van der Waals surface area contributed by atoms with E-state index in [1.54, 1.807) is 11.3 Å². The fourth-order valence-electron chi connectivity index (χ4n) is 3.28. The van der Waals surface area contributed by atoms with Crippen LogP contribution in [0.4, 0.5) is 5.82 Å². The zero-order valence-electron chi connectivity index (χ0n) is 16.6. The van der Waals surface area contributed by atoms with Gasteiger partial charge in [-0.3, -0.25) is 4.79 Å². The molecule has 0 bridgehead atoms. The Hall–Kier alpha value is -2.47. The molecular weight excluding hydrogens is 368 g/mol. The van der Waals surface area contributed by atoms with Gasteiger partial charge in [0.1, 0.15) is 16.5 Å². The highest BCUT2D eigenvalue weighted by atomic mass is 32.1. The minimum absolute atomic E-state index is 0.0201. The largest absolute Gasteiger partial charge is 0.365 e. The molecule has 2 N–H and O–H groups in total. The van der Waals surface area contributed by atoms with E-state index in [1.807, 2.05) is 31.2 Å². The van der Waals surface area contributed by atoms with Gasteiger partial charge in [0, 0.05) is 18.2 Å². The second-order valence-electron chi connectivity index (χ2n) is 7.96. The highest BCUT2D eigenvalue weighted by Gasteiger charge is 2.23. The number of thiophene rings is 1. The van der Waals surface area contributed by atoms with E-state index in [0.717, 1.165) is 46.7 Å². The summed E-state index contributed by atoms with van der Waals surface area (Å²) in [5.41, 5.74) is 3.14. The highest BCUT2D eigenvalue weighted by Crippen LogP contribution is 2.32. The van der Waals surface area contributed by atoms with Gasteiger partial charge in [-0.1, -0.05) is 26.0 Å². The molecule has 2 aromatic heterocycles. The number of nitrogens with one attached hydrogen (secondary N) is 2. The van der Waals surface area contributed by atoms with Crippen LogP contribution in [0, 0.1) is 12.8 Å². The molecule has 5 nitrogen and oxygen atoms in total. The third-order valence-corrected chi connectivity index (χ3v) is 5.76. The zero-order valence-corrected chi connectivity index (χ0v) is 17.4. The summed E-state index contributed by atoms with van der Waals surface area (Å²) in [7, 11) is 0. The Morgan fingerprint density at radius 1 is 1.21 bits per heavy atom. The summed E-state index contributed by atoms with van der Waals surface area (Å²) in [6.45, 7) is 7.05. The minimum Gasteiger partial charge on any atom is -0.365 e. The third kappa shape index (κ3) is 4.33. The second-order valence-corrected chi connectivity index (χ2v) is 8.81. The molecule has 0 aliphatic heterocycles. The summed E-state index contributed by atoms with van der Waals surface area (Å²) in [5, 5.41) is 9.86. The number of hydrogen-bond donors (Lipinski definition) is 2. The molecule has 28 heavy (non-hydrogen) atoms. The second kappa shape index (κ2) is 7.87. The van der Waals surface area contributed by atoms with E-state index in [-0.39, 0.29) is 5.91 Å². The van der Waals surface area contributed by atoms with Crippen LogP contribution in [0.3, 0.4) is 0 Å². The van der Waals surface area contributed by atoms with Gasteiger partial charge in [0.05, 0.1) is 5.39 Å². The van der Waals surface area contributed by atoms with E-state index in [2.05, 4.69) is 39.8 Å². The molecule has 0 unspecified atom stereocenters. The van der Waals surface area contributed by atoms with Crippen LogP contribution in [0.15, 0.2) is 29.6 Å². The van der Waals surface area contributed by atoms with E-state index in [4.69, 9.17) is 0 Å². The number of carbonyl (C=O) groups is 1. The summed E-state index contributed by atoms with van der Waals surface area (Å²) in [4.78, 5) is 22.4. The molecule has 1 fully saturated rings. The molecule has 1 aliphatic carbocycles. The van der Waals surface area contributed by atoms with Gasteiger partial charge in [0.15, 0.2) is 0 Å². The number of aryl methyl sites for hydroxylation is 1. The third-order valence-electron chi connectivity index (χ3n) is 4.84. The van der Waals surface area contributed by atoms with Crippen molar-refractivity contribution in [3.05, 3.63) is 52.2 Å². The molecule has 1 aliphatic rings. The number of carbonyl (C=O) groups excluding carboxylic acids is 1. The normalized spacial score (nSPS) is 13.9. The topological polar surface area (TPSA) is 66.9 Å². The van der Waals surface area contributed by atoms with Crippen molar-refractivity contribution in [2.75, 3.05) is 5.32 Å². The number of nitrogens with zero attached hydrogens (tertiary/aromatic N) is 2. The molecule has 1 saturated carbocycles. The monoisotopic (exact) mass is 394 g/mol. The van der Waals surface area contributed by atoms with Crippen LogP contribution in [-0.2, 0) is 13.0 Å². The Kier molecular flexibility index (Phi) is 5.31. The van der Waals surface area contributed by atoms with Crippen molar-refractivity contribution in [2.24, 2.45) is 5.92 Å². The van der Waals surface area contributed by atoms with Crippen LogP contribution in [-0.4, -0.2) is 21.9 Å². The lowest BCUT2D eigenvalue weighted by atomic mass is 10.0. The minimum atomic E-state index is 0.0201. The lowest BCUT2D eigenvalue weighted by Gasteiger charge is -2.11. The summed E-state index contributed by atoms with van der Waals surface area (Å²) in [6.07, 6.45) is 3.22. The average molecular weight is 395 g/mol. The van der Waals surface area contributed by atoms with Gasteiger partial charge in [0.25, 0.3) is 5.91 Å². The molecule has 0 saturated heterocycles. The van der Waals surface area contributed by atoms with Gasteiger partial charge in [0.2, 0.25) is 0 Å². The van der Waals surface area contributed by atoms with Gasteiger partial charge in [-0.15, -0.1) is 11.3 Å². The van der Waals surface area contributed by atoms with E-state index in [0.29, 0.717) is 24.1 Å². The summed E-state index contributed by atoms with van der Waals surface area (Å²) in [6, 6.07) is 8.17. The average Bonchev–Trinajstić information content (AvgIpc) is 3.39. The number of amides is 1. The van der Waals surface area contributed by atoms with Crippen LogP contribution in [0.2, 0.25) is 0 Å². The number of rotatable bonds is 7. The SMILES string of the molecule is Cc1nc(NCc2ccc(C(=O)NC3CC3)cc2)c2c(CC(C)C)csc2n1. The van der Waals surface area contributed by atoms with Gasteiger partial charge in [-0.25, -0.2) is 9.97 Å². The van der Waals surface area contributed by atoms with Crippen molar-refractivity contribution in [3.8, 4) is 0 Å². The van der Waals surface area contributed by atoms with E-state index in [1.165, 1.54) is 5.56 Å². The maximum absolute atomic E-state index is 12.1. The molecule has 6 heteroatoms. The molecule has 0 spiro atoms. The number of fused-ring (bicyclic) bond motifs is 1. The lowest BCUT2D eigenvalue weighted by Crippen LogP contribution is -2.25. The van der Waals surface area contributed by atoms with Gasteiger partial charge < -0.3 is 10.6 Å². The first kappa shape index (κ1) is 18.9. The summed E-state index contributed by atoms with van der Waals surface area (Å²) in [5.74, 6) is 2.28. The standard InChI is InChI=1S/C22H26N4OS/c1-13(2)10-17-12-28-22-19(17)20(24-14(3)25-22)23-11-15-4-6-16(7-5-15)21(27)26-18-8-9-18/h4-7,12-13,18H,8-11H2,1-3H3,(H,26,27)(H,23,24,25). The van der Waals surface area contributed by atoms with Crippen LogP contribution in [0.5, 0.6) is 0 Å².